The summed E-state index contributed by atoms with van der Waals surface area (Å²) in [5.41, 5.74) is 0.971. The molecule has 0 aliphatic carbocycles. The van der Waals surface area contributed by atoms with E-state index in [-0.39, 0.29) is 24.0 Å². The maximum absolute atomic E-state index is 5.47. The van der Waals surface area contributed by atoms with E-state index < -0.39 is 0 Å². The highest BCUT2D eigenvalue weighted by atomic mass is 127. The van der Waals surface area contributed by atoms with Crippen molar-refractivity contribution in [2.75, 3.05) is 34.9 Å². The van der Waals surface area contributed by atoms with Crippen LogP contribution >= 0.6 is 24.0 Å². The Morgan fingerprint density at radius 1 is 1.04 bits per heavy atom. The number of guanidine groups is 1. The maximum atomic E-state index is 5.47. The summed E-state index contributed by atoms with van der Waals surface area (Å²) in [5, 5.41) is 6.54. The van der Waals surface area contributed by atoms with Crippen molar-refractivity contribution in [1.29, 1.82) is 0 Å². The van der Waals surface area contributed by atoms with Crippen LogP contribution in [0.2, 0.25) is 0 Å². The molecule has 2 N–H and O–H groups in total. The second-order valence-corrected chi connectivity index (χ2v) is 4.70. The van der Waals surface area contributed by atoms with Crippen molar-refractivity contribution in [3.05, 3.63) is 17.7 Å². The Kier molecular flexibility index (Phi) is 11.4. The molecule has 1 rings (SSSR count). The van der Waals surface area contributed by atoms with Crippen LogP contribution in [-0.2, 0) is 6.54 Å². The van der Waals surface area contributed by atoms with Gasteiger partial charge in [0, 0.05) is 25.7 Å². The fourth-order valence-electron chi connectivity index (χ4n) is 2.09. The molecule has 0 saturated heterocycles. The van der Waals surface area contributed by atoms with E-state index in [0.717, 1.165) is 30.9 Å². The molecule has 0 unspecified atom stereocenters. The molecule has 0 fully saturated rings. The van der Waals surface area contributed by atoms with Gasteiger partial charge in [0.05, 0.1) is 21.3 Å². The largest absolute Gasteiger partial charge is 0.493 e. The minimum Gasteiger partial charge on any atom is -0.493 e. The standard InChI is InChI=1S/C16H27N3O3.HI/c1-6-7-10-18-16(17-2)19-11-12-8-9-13(20-3)15(22-5)14(12)21-4;/h8-9H,6-7,10-11H2,1-5H3,(H2,17,18,19);1H. The number of rotatable bonds is 8. The summed E-state index contributed by atoms with van der Waals surface area (Å²) in [5.74, 6) is 2.68. The lowest BCUT2D eigenvalue weighted by molar-refractivity contribution is 0.322. The maximum Gasteiger partial charge on any atom is 0.203 e. The summed E-state index contributed by atoms with van der Waals surface area (Å²) < 4.78 is 16.1. The number of hydrogen-bond acceptors (Lipinski definition) is 4. The van der Waals surface area contributed by atoms with Crippen LogP contribution in [-0.4, -0.2) is 40.9 Å². The zero-order valence-electron chi connectivity index (χ0n) is 14.6. The topological polar surface area (TPSA) is 64.1 Å². The number of hydrogen-bond donors (Lipinski definition) is 2. The number of ether oxygens (including phenoxy) is 3. The van der Waals surface area contributed by atoms with Gasteiger partial charge in [-0.25, -0.2) is 0 Å². The van der Waals surface area contributed by atoms with Gasteiger partial charge in [0.15, 0.2) is 17.5 Å². The van der Waals surface area contributed by atoms with Crippen LogP contribution in [0.5, 0.6) is 17.2 Å². The van der Waals surface area contributed by atoms with Gasteiger partial charge in [-0.2, -0.15) is 0 Å². The molecule has 7 heteroatoms. The molecule has 0 bridgehead atoms. The Morgan fingerprint density at radius 3 is 2.26 bits per heavy atom. The van der Waals surface area contributed by atoms with Crippen molar-refractivity contribution in [3.8, 4) is 17.2 Å². The second-order valence-electron chi connectivity index (χ2n) is 4.70. The fraction of sp³-hybridized carbons (Fsp3) is 0.562. The molecule has 0 aromatic heterocycles. The third-order valence-corrected chi connectivity index (χ3v) is 3.28. The highest BCUT2D eigenvalue weighted by Gasteiger charge is 2.15. The van der Waals surface area contributed by atoms with Gasteiger partial charge in [0.25, 0.3) is 0 Å². The molecular formula is C16H28IN3O3. The average molecular weight is 437 g/mol. The van der Waals surface area contributed by atoms with Crippen molar-refractivity contribution in [2.45, 2.75) is 26.3 Å². The number of unbranched alkanes of at least 4 members (excludes halogenated alkanes) is 1. The molecule has 0 radical (unpaired) electrons. The van der Waals surface area contributed by atoms with Gasteiger partial charge in [-0.3, -0.25) is 4.99 Å². The Labute approximate surface area is 156 Å². The number of aliphatic imine (C=N–C) groups is 1. The highest BCUT2D eigenvalue weighted by Crippen LogP contribution is 2.39. The number of halogens is 1. The molecule has 6 nitrogen and oxygen atoms in total. The summed E-state index contributed by atoms with van der Waals surface area (Å²) in [7, 11) is 6.58. The molecule has 1 aromatic carbocycles. The Morgan fingerprint density at radius 2 is 1.74 bits per heavy atom. The lowest BCUT2D eigenvalue weighted by atomic mass is 10.1. The van der Waals surface area contributed by atoms with E-state index in [1.54, 1.807) is 28.4 Å². The van der Waals surface area contributed by atoms with Crippen LogP contribution in [0.15, 0.2) is 17.1 Å². The van der Waals surface area contributed by atoms with E-state index in [1.807, 2.05) is 12.1 Å². The van der Waals surface area contributed by atoms with E-state index in [2.05, 4.69) is 22.5 Å². The molecule has 23 heavy (non-hydrogen) atoms. The first-order valence-corrected chi connectivity index (χ1v) is 7.44. The van der Waals surface area contributed by atoms with Crippen molar-refractivity contribution >= 4 is 29.9 Å². The predicted octanol–water partition coefficient (Wildman–Crippen LogP) is 2.80. The number of nitrogens with zero attached hydrogens (tertiary/aromatic N) is 1. The molecule has 0 atom stereocenters. The van der Waals surface area contributed by atoms with Crippen LogP contribution in [0.25, 0.3) is 0 Å². The van der Waals surface area contributed by atoms with E-state index >= 15 is 0 Å². The van der Waals surface area contributed by atoms with E-state index in [4.69, 9.17) is 14.2 Å². The normalized spacial score (nSPS) is 10.6. The van der Waals surface area contributed by atoms with Crippen LogP contribution in [0.1, 0.15) is 25.3 Å². The summed E-state index contributed by atoms with van der Waals surface area (Å²) in [4.78, 5) is 4.20. The number of methoxy groups -OCH3 is 3. The Balaban J connectivity index is 0.00000484. The molecule has 0 spiro atoms. The van der Waals surface area contributed by atoms with Crippen LogP contribution in [0.3, 0.4) is 0 Å². The smallest absolute Gasteiger partial charge is 0.203 e. The molecule has 1 aromatic rings. The highest BCUT2D eigenvalue weighted by molar-refractivity contribution is 14.0. The predicted molar refractivity (Wildman–Crippen MR) is 105 cm³/mol. The third-order valence-electron chi connectivity index (χ3n) is 3.28. The van der Waals surface area contributed by atoms with Gasteiger partial charge < -0.3 is 24.8 Å². The quantitative estimate of drug-likeness (QED) is 0.284. The van der Waals surface area contributed by atoms with Gasteiger partial charge >= 0.3 is 0 Å². The van der Waals surface area contributed by atoms with Gasteiger partial charge in [0.1, 0.15) is 0 Å². The molecule has 0 heterocycles. The molecular weight excluding hydrogens is 409 g/mol. The van der Waals surface area contributed by atoms with Crippen molar-refractivity contribution in [3.63, 3.8) is 0 Å². The molecule has 0 saturated carbocycles. The van der Waals surface area contributed by atoms with Gasteiger partial charge in [-0.05, 0) is 18.6 Å². The van der Waals surface area contributed by atoms with Crippen LogP contribution in [0.4, 0.5) is 0 Å². The summed E-state index contributed by atoms with van der Waals surface area (Å²) >= 11 is 0. The third kappa shape index (κ3) is 6.32. The first-order valence-electron chi connectivity index (χ1n) is 7.44. The summed E-state index contributed by atoms with van der Waals surface area (Å²) in [6.07, 6.45) is 2.26. The molecule has 0 amide bonds. The number of nitrogens with one attached hydrogen (secondary N) is 2. The lowest BCUT2D eigenvalue weighted by Crippen LogP contribution is -2.37. The van der Waals surface area contributed by atoms with Crippen molar-refractivity contribution in [1.82, 2.24) is 10.6 Å². The Hall–Kier alpha value is -1.38. The van der Waals surface area contributed by atoms with Crippen LogP contribution in [0, 0.1) is 0 Å². The minimum absolute atomic E-state index is 0. The van der Waals surface area contributed by atoms with Gasteiger partial charge in [-0.15, -0.1) is 24.0 Å². The van der Waals surface area contributed by atoms with E-state index in [9.17, 15) is 0 Å². The summed E-state index contributed by atoms with van der Waals surface area (Å²) in [6, 6.07) is 3.82. The first-order chi connectivity index (χ1) is 10.7. The molecule has 132 valence electrons. The second kappa shape index (κ2) is 12.1. The number of benzene rings is 1. The summed E-state index contributed by atoms with van der Waals surface area (Å²) in [6.45, 7) is 3.64. The first kappa shape index (κ1) is 21.6. The van der Waals surface area contributed by atoms with Crippen molar-refractivity contribution < 1.29 is 14.2 Å². The fourth-order valence-corrected chi connectivity index (χ4v) is 2.09. The van der Waals surface area contributed by atoms with E-state index in [0.29, 0.717) is 23.8 Å². The van der Waals surface area contributed by atoms with E-state index in [1.165, 1.54) is 0 Å². The lowest BCUT2D eigenvalue weighted by Gasteiger charge is -2.17. The SMILES string of the molecule is CCCCNC(=NC)NCc1ccc(OC)c(OC)c1OC.I. The van der Waals surface area contributed by atoms with Gasteiger partial charge in [0.2, 0.25) is 5.75 Å². The molecule has 0 aliphatic heterocycles. The molecule has 0 aliphatic rings. The minimum atomic E-state index is 0. The zero-order chi connectivity index (χ0) is 16.4. The van der Waals surface area contributed by atoms with Crippen LogP contribution < -0.4 is 24.8 Å². The van der Waals surface area contributed by atoms with Crippen molar-refractivity contribution in [2.24, 2.45) is 4.99 Å². The monoisotopic (exact) mass is 437 g/mol. The van der Waals surface area contributed by atoms with Gasteiger partial charge in [-0.1, -0.05) is 13.3 Å². The average Bonchev–Trinajstić information content (AvgIpc) is 2.56. The Bertz CT molecular complexity index is 496. The zero-order valence-corrected chi connectivity index (χ0v) is 16.9.